The third-order valence-corrected chi connectivity index (χ3v) is 5.93. The molecule has 1 aliphatic rings. The van der Waals surface area contributed by atoms with Crippen molar-refractivity contribution in [1.29, 1.82) is 0 Å². The van der Waals surface area contributed by atoms with Gasteiger partial charge in [-0.15, -0.1) is 11.8 Å². The van der Waals surface area contributed by atoms with Gasteiger partial charge in [0.1, 0.15) is 11.2 Å². The maximum atomic E-state index is 13.2. The van der Waals surface area contributed by atoms with Crippen LogP contribution in [0.1, 0.15) is 38.6 Å². The molecule has 3 atom stereocenters. The molecule has 1 aromatic rings. The van der Waals surface area contributed by atoms with Crippen molar-refractivity contribution in [2.24, 2.45) is 5.92 Å². The van der Waals surface area contributed by atoms with Crippen LogP contribution in [0, 0.1) is 11.7 Å². The molecule has 1 amide bonds. The van der Waals surface area contributed by atoms with E-state index in [0.29, 0.717) is 25.6 Å². The van der Waals surface area contributed by atoms with Crippen LogP contribution in [-0.4, -0.2) is 54.8 Å². The maximum Gasteiger partial charge on any atom is 0.364 e. The summed E-state index contributed by atoms with van der Waals surface area (Å²) in [6.45, 7) is 9.72. The molecule has 1 N–H and O–H groups in total. The zero-order valence-corrected chi connectivity index (χ0v) is 17.4. The first-order valence-corrected chi connectivity index (χ1v) is 10.6. The van der Waals surface area contributed by atoms with Crippen LogP contribution in [0.2, 0.25) is 0 Å². The standard InChI is InChI=1S/C20H29FN2O3S/c1-5-26-20(25)15(4)22(12-14(2)3)13-18(24)23-10-11-27-19(23)16-6-8-17(21)9-7-16/h6-9,14-15,19H,5,10-13H2,1-4H3/p+1/t15-,19-/m1/s1. The number of nitrogens with zero attached hydrogens (tertiary/aromatic N) is 1. The largest absolute Gasteiger partial charge is 0.462 e. The van der Waals surface area contributed by atoms with Gasteiger partial charge < -0.3 is 14.5 Å². The number of thioether (sulfide) groups is 1. The summed E-state index contributed by atoms with van der Waals surface area (Å²) < 4.78 is 18.4. The van der Waals surface area contributed by atoms with Crippen LogP contribution in [0.15, 0.2) is 24.3 Å². The summed E-state index contributed by atoms with van der Waals surface area (Å²) in [6.07, 6.45) is 0. The van der Waals surface area contributed by atoms with Crippen molar-refractivity contribution < 1.29 is 23.6 Å². The zero-order valence-electron chi connectivity index (χ0n) is 16.5. The molecule has 0 spiro atoms. The van der Waals surface area contributed by atoms with Crippen LogP contribution in [-0.2, 0) is 14.3 Å². The Morgan fingerprint density at radius 2 is 1.96 bits per heavy atom. The summed E-state index contributed by atoms with van der Waals surface area (Å²) in [4.78, 5) is 28.0. The van der Waals surface area contributed by atoms with Crippen molar-refractivity contribution in [3.63, 3.8) is 0 Å². The predicted octanol–water partition coefficient (Wildman–Crippen LogP) is 1.89. The molecule has 1 aliphatic heterocycles. The van der Waals surface area contributed by atoms with Crippen molar-refractivity contribution in [3.05, 3.63) is 35.6 Å². The summed E-state index contributed by atoms with van der Waals surface area (Å²) >= 11 is 1.68. The van der Waals surface area contributed by atoms with Gasteiger partial charge in [-0.25, -0.2) is 9.18 Å². The molecule has 7 heteroatoms. The number of halogens is 1. The summed E-state index contributed by atoms with van der Waals surface area (Å²) in [6, 6.07) is 5.93. The Balaban J connectivity index is 2.10. The Kier molecular flexibility index (Phi) is 8.10. The van der Waals surface area contributed by atoms with E-state index in [1.807, 2.05) is 11.8 Å². The highest BCUT2D eigenvalue weighted by Gasteiger charge is 2.35. The predicted molar refractivity (Wildman–Crippen MR) is 105 cm³/mol. The highest BCUT2D eigenvalue weighted by atomic mass is 32.2. The van der Waals surface area contributed by atoms with Crippen molar-refractivity contribution >= 4 is 23.6 Å². The van der Waals surface area contributed by atoms with Crippen LogP contribution >= 0.6 is 11.8 Å². The van der Waals surface area contributed by atoms with Crippen LogP contribution in [0.3, 0.4) is 0 Å². The van der Waals surface area contributed by atoms with E-state index in [4.69, 9.17) is 4.74 Å². The Morgan fingerprint density at radius 1 is 1.30 bits per heavy atom. The molecule has 150 valence electrons. The summed E-state index contributed by atoms with van der Waals surface area (Å²) in [5, 5.41) is -0.101. The van der Waals surface area contributed by atoms with Gasteiger partial charge in [-0.2, -0.15) is 0 Å². The Hall–Kier alpha value is -1.60. The summed E-state index contributed by atoms with van der Waals surface area (Å²) in [5.41, 5.74) is 0.927. The van der Waals surface area contributed by atoms with E-state index < -0.39 is 6.04 Å². The maximum absolute atomic E-state index is 13.2. The number of carbonyl (C=O) groups excluding carboxylic acids is 2. The van der Waals surface area contributed by atoms with Crippen LogP contribution in [0.25, 0.3) is 0 Å². The number of quaternary nitrogens is 1. The molecule has 0 saturated carbocycles. The molecule has 1 heterocycles. The lowest BCUT2D eigenvalue weighted by Crippen LogP contribution is -3.18. The van der Waals surface area contributed by atoms with E-state index >= 15 is 0 Å². The fraction of sp³-hybridized carbons (Fsp3) is 0.600. The van der Waals surface area contributed by atoms with Crippen molar-refractivity contribution in [1.82, 2.24) is 4.90 Å². The second kappa shape index (κ2) is 10.1. The van der Waals surface area contributed by atoms with Gasteiger partial charge in [-0.05, 0) is 31.5 Å². The van der Waals surface area contributed by atoms with E-state index in [9.17, 15) is 14.0 Å². The molecule has 1 aromatic carbocycles. The number of nitrogens with one attached hydrogen (secondary N) is 1. The zero-order chi connectivity index (χ0) is 20.0. The molecule has 2 rings (SSSR count). The first-order chi connectivity index (χ1) is 12.8. The van der Waals surface area contributed by atoms with Crippen molar-refractivity contribution in [2.75, 3.05) is 32.0 Å². The number of hydrogen-bond donors (Lipinski definition) is 1. The van der Waals surface area contributed by atoms with Crippen LogP contribution in [0.5, 0.6) is 0 Å². The molecule has 0 radical (unpaired) electrons. The lowest BCUT2D eigenvalue weighted by atomic mass is 10.1. The molecule has 0 aliphatic carbocycles. The van der Waals surface area contributed by atoms with E-state index in [1.165, 1.54) is 12.1 Å². The van der Waals surface area contributed by atoms with Gasteiger partial charge in [0.15, 0.2) is 12.6 Å². The van der Waals surface area contributed by atoms with Gasteiger partial charge in [0.2, 0.25) is 0 Å². The molecule has 1 unspecified atom stereocenters. The minimum absolute atomic E-state index is 0.0149. The minimum atomic E-state index is -0.393. The Morgan fingerprint density at radius 3 is 2.56 bits per heavy atom. The monoisotopic (exact) mass is 397 g/mol. The van der Waals surface area contributed by atoms with E-state index in [1.54, 1.807) is 30.8 Å². The van der Waals surface area contributed by atoms with E-state index in [2.05, 4.69) is 13.8 Å². The number of carbonyl (C=O) groups is 2. The normalized spacial score (nSPS) is 19.2. The number of esters is 1. The quantitative estimate of drug-likeness (QED) is 0.681. The highest BCUT2D eigenvalue weighted by Crippen LogP contribution is 2.37. The molecule has 1 saturated heterocycles. The van der Waals surface area contributed by atoms with E-state index in [0.717, 1.165) is 16.2 Å². The molecular formula is C20H30FN2O3S+. The SMILES string of the molecule is CCOC(=O)[C@@H](C)[NH+](CC(=O)N1CCS[C@@H]1c1ccc(F)cc1)CC(C)C. The van der Waals surface area contributed by atoms with Gasteiger partial charge in [0, 0.05) is 18.2 Å². The molecule has 0 bridgehead atoms. The van der Waals surface area contributed by atoms with Crippen LogP contribution in [0.4, 0.5) is 4.39 Å². The second-order valence-electron chi connectivity index (χ2n) is 7.27. The third kappa shape index (κ3) is 5.94. The average Bonchev–Trinajstić information content (AvgIpc) is 3.10. The first kappa shape index (κ1) is 21.7. The Labute approximate surface area is 165 Å². The van der Waals surface area contributed by atoms with Gasteiger partial charge >= 0.3 is 5.97 Å². The first-order valence-electron chi connectivity index (χ1n) is 9.51. The Bertz CT molecular complexity index is 639. The molecule has 0 aromatic heterocycles. The molecule has 5 nitrogen and oxygen atoms in total. The van der Waals surface area contributed by atoms with E-state index in [-0.39, 0.29) is 29.6 Å². The number of hydrogen-bond acceptors (Lipinski definition) is 4. The molecule has 27 heavy (non-hydrogen) atoms. The molecule has 1 fully saturated rings. The van der Waals surface area contributed by atoms with Crippen molar-refractivity contribution in [3.8, 4) is 0 Å². The number of benzene rings is 1. The summed E-state index contributed by atoms with van der Waals surface area (Å²) in [5.74, 6) is 0.662. The number of rotatable bonds is 8. The average molecular weight is 398 g/mol. The topological polar surface area (TPSA) is 51.1 Å². The van der Waals surface area contributed by atoms with Gasteiger partial charge in [-0.3, -0.25) is 4.79 Å². The lowest BCUT2D eigenvalue weighted by Gasteiger charge is -2.29. The fourth-order valence-corrected chi connectivity index (χ4v) is 4.56. The summed E-state index contributed by atoms with van der Waals surface area (Å²) in [7, 11) is 0. The fourth-order valence-electron chi connectivity index (χ4n) is 3.29. The van der Waals surface area contributed by atoms with Crippen LogP contribution < -0.4 is 4.90 Å². The number of amides is 1. The number of ether oxygens (including phenoxy) is 1. The molecular weight excluding hydrogens is 367 g/mol. The van der Waals surface area contributed by atoms with Gasteiger partial charge in [-0.1, -0.05) is 26.0 Å². The van der Waals surface area contributed by atoms with Gasteiger partial charge in [0.05, 0.1) is 13.2 Å². The second-order valence-corrected chi connectivity index (χ2v) is 8.46. The minimum Gasteiger partial charge on any atom is -0.462 e. The highest BCUT2D eigenvalue weighted by molar-refractivity contribution is 7.99. The van der Waals surface area contributed by atoms with Crippen molar-refractivity contribution in [2.45, 2.75) is 39.1 Å². The smallest absolute Gasteiger partial charge is 0.364 e. The third-order valence-electron chi connectivity index (χ3n) is 4.67. The lowest BCUT2D eigenvalue weighted by molar-refractivity contribution is -0.910. The van der Waals surface area contributed by atoms with Gasteiger partial charge in [0.25, 0.3) is 5.91 Å².